The number of benzene rings is 1. The third-order valence-corrected chi connectivity index (χ3v) is 4.33. The molecule has 0 amide bonds. The van der Waals surface area contributed by atoms with E-state index in [4.69, 9.17) is 11.6 Å². The maximum absolute atomic E-state index is 10.0. The lowest BCUT2D eigenvalue weighted by atomic mass is 9.95. The van der Waals surface area contributed by atoms with Crippen LogP contribution in [0.2, 0.25) is 5.02 Å². The Morgan fingerprint density at radius 3 is 3.00 bits per heavy atom. The van der Waals surface area contributed by atoms with Crippen LogP contribution >= 0.6 is 11.6 Å². The zero-order valence-corrected chi connectivity index (χ0v) is 12.6. The number of nitrogens with zero attached hydrogens (tertiary/aromatic N) is 2. The molecule has 1 aliphatic rings. The minimum Gasteiger partial charge on any atom is -0.508 e. The van der Waals surface area contributed by atoms with Gasteiger partial charge in [-0.1, -0.05) is 24.1 Å². The van der Waals surface area contributed by atoms with E-state index in [0.717, 1.165) is 18.5 Å². The first kappa shape index (κ1) is 14.4. The summed E-state index contributed by atoms with van der Waals surface area (Å²) in [6.45, 7) is 1.75. The van der Waals surface area contributed by atoms with Gasteiger partial charge in [0.1, 0.15) is 5.75 Å². The topological polar surface area (TPSA) is 36.4 Å². The molecule has 0 aliphatic carbocycles. The van der Waals surface area contributed by atoms with Crippen LogP contribution in [-0.2, 0) is 6.54 Å². The Labute approximate surface area is 130 Å². The summed E-state index contributed by atoms with van der Waals surface area (Å²) in [6, 6.07) is 9.72. The van der Waals surface area contributed by atoms with Gasteiger partial charge in [0.2, 0.25) is 0 Å². The second-order valence-corrected chi connectivity index (χ2v) is 5.98. The maximum Gasteiger partial charge on any atom is 0.120 e. The standard InChI is InChI=1S/C17H19ClN2O/c18-15-6-7-17(21)14(10-15)12-20-9-2-1-5-16(20)13-4-3-8-19-11-13/h3-4,6-8,10-11,16,21H,1-2,5,9,12H2. The van der Waals surface area contributed by atoms with Gasteiger partial charge in [0.15, 0.2) is 0 Å². The number of likely N-dealkylation sites (tertiary alicyclic amines) is 1. The summed E-state index contributed by atoms with van der Waals surface area (Å²) < 4.78 is 0. The Morgan fingerprint density at radius 1 is 1.29 bits per heavy atom. The molecule has 1 aromatic carbocycles. The lowest BCUT2D eigenvalue weighted by Crippen LogP contribution is -2.33. The van der Waals surface area contributed by atoms with Crippen LogP contribution in [0, 0.1) is 0 Å². The van der Waals surface area contributed by atoms with Crippen LogP contribution < -0.4 is 0 Å². The molecule has 21 heavy (non-hydrogen) atoms. The second kappa shape index (κ2) is 6.46. The van der Waals surface area contributed by atoms with E-state index < -0.39 is 0 Å². The minimum absolute atomic E-state index is 0.315. The second-order valence-electron chi connectivity index (χ2n) is 5.54. The van der Waals surface area contributed by atoms with Gasteiger partial charge < -0.3 is 5.11 Å². The van der Waals surface area contributed by atoms with Crippen LogP contribution in [0.4, 0.5) is 0 Å². The number of aromatic nitrogens is 1. The molecule has 1 aromatic heterocycles. The third kappa shape index (κ3) is 3.36. The smallest absolute Gasteiger partial charge is 0.120 e. The first-order chi connectivity index (χ1) is 10.2. The monoisotopic (exact) mass is 302 g/mol. The summed E-state index contributed by atoms with van der Waals surface area (Å²) in [6.07, 6.45) is 7.31. The van der Waals surface area contributed by atoms with E-state index in [1.165, 1.54) is 18.4 Å². The van der Waals surface area contributed by atoms with E-state index in [0.29, 0.717) is 23.4 Å². The largest absolute Gasteiger partial charge is 0.508 e. The molecule has 2 heterocycles. The van der Waals surface area contributed by atoms with Crippen molar-refractivity contribution >= 4 is 11.6 Å². The van der Waals surface area contributed by atoms with E-state index in [1.54, 1.807) is 18.3 Å². The highest BCUT2D eigenvalue weighted by Gasteiger charge is 2.24. The van der Waals surface area contributed by atoms with Crippen LogP contribution in [-0.4, -0.2) is 21.5 Å². The van der Waals surface area contributed by atoms with Crippen molar-refractivity contribution in [1.29, 1.82) is 0 Å². The summed E-state index contributed by atoms with van der Waals surface area (Å²) >= 11 is 6.05. The summed E-state index contributed by atoms with van der Waals surface area (Å²) in [5, 5.41) is 10.7. The van der Waals surface area contributed by atoms with E-state index in [2.05, 4.69) is 16.0 Å². The fourth-order valence-corrected chi connectivity index (χ4v) is 3.23. The van der Waals surface area contributed by atoms with Crippen LogP contribution in [0.5, 0.6) is 5.75 Å². The molecule has 0 spiro atoms. The number of halogens is 1. The maximum atomic E-state index is 10.0. The molecule has 0 saturated carbocycles. The molecule has 3 nitrogen and oxygen atoms in total. The molecular weight excluding hydrogens is 284 g/mol. The van der Waals surface area contributed by atoms with Crippen molar-refractivity contribution < 1.29 is 5.11 Å². The van der Waals surface area contributed by atoms with E-state index in [1.807, 2.05) is 18.3 Å². The van der Waals surface area contributed by atoms with Gasteiger partial charge in [-0.25, -0.2) is 0 Å². The Kier molecular flexibility index (Phi) is 4.42. The summed E-state index contributed by atoms with van der Waals surface area (Å²) in [5.41, 5.74) is 2.14. The zero-order valence-electron chi connectivity index (χ0n) is 11.9. The normalized spacial score (nSPS) is 19.6. The predicted octanol–water partition coefficient (Wildman–Crippen LogP) is 4.17. The highest BCUT2D eigenvalue weighted by molar-refractivity contribution is 6.30. The molecule has 1 unspecified atom stereocenters. The molecule has 1 atom stereocenters. The SMILES string of the molecule is Oc1ccc(Cl)cc1CN1CCCCC1c1cccnc1. The Morgan fingerprint density at radius 2 is 2.19 bits per heavy atom. The van der Waals surface area contributed by atoms with E-state index in [9.17, 15) is 5.11 Å². The lowest BCUT2D eigenvalue weighted by Gasteiger charge is -2.36. The van der Waals surface area contributed by atoms with Crippen LogP contribution in [0.3, 0.4) is 0 Å². The first-order valence-electron chi connectivity index (χ1n) is 7.35. The number of phenolic OH excluding ortho intramolecular Hbond substituents is 1. The third-order valence-electron chi connectivity index (χ3n) is 4.10. The first-order valence-corrected chi connectivity index (χ1v) is 7.73. The highest BCUT2D eigenvalue weighted by atomic mass is 35.5. The van der Waals surface area contributed by atoms with Gasteiger partial charge in [-0.3, -0.25) is 9.88 Å². The van der Waals surface area contributed by atoms with Gasteiger partial charge in [-0.05, 0) is 49.2 Å². The molecule has 2 aromatic rings. The summed E-state index contributed by atoms with van der Waals surface area (Å²) in [7, 11) is 0. The van der Waals surface area contributed by atoms with Crippen molar-refractivity contribution in [2.45, 2.75) is 31.8 Å². The van der Waals surface area contributed by atoms with E-state index >= 15 is 0 Å². The van der Waals surface area contributed by atoms with Crippen LogP contribution in [0.15, 0.2) is 42.7 Å². The summed E-state index contributed by atoms with van der Waals surface area (Å²) in [5.74, 6) is 0.315. The Bertz CT molecular complexity index is 603. The zero-order chi connectivity index (χ0) is 14.7. The highest BCUT2D eigenvalue weighted by Crippen LogP contribution is 2.33. The molecular formula is C17H19ClN2O. The Hall–Kier alpha value is -1.58. The van der Waals surface area contributed by atoms with Gasteiger partial charge >= 0.3 is 0 Å². The molecule has 1 N–H and O–H groups in total. The Balaban J connectivity index is 1.83. The van der Waals surface area contributed by atoms with Crippen molar-refractivity contribution in [1.82, 2.24) is 9.88 Å². The fraction of sp³-hybridized carbons (Fsp3) is 0.353. The molecule has 0 radical (unpaired) electrons. The van der Waals surface area contributed by atoms with E-state index in [-0.39, 0.29) is 0 Å². The lowest BCUT2D eigenvalue weighted by molar-refractivity contribution is 0.139. The average molecular weight is 303 g/mol. The number of piperidine rings is 1. The molecule has 3 rings (SSSR count). The van der Waals surface area contributed by atoms with Crippen molar-refractivity contribution in [3.8, 4) is 5.75 Å². The van der Waals surface area contributed by atoms with Gasteiger partial charge in [0, 0.05) is 35.6 Å². The number of rotatable bonds is 3. The van der Waals surface area contributed by atoms with Crippen molar-refractivity contribution in [3.05, 3.63) is 58.9 Å². The molecule has 1 aliphatic heterocycles. The predicted molar refractivity (Wildman–Crippen MR) is 84.4 cm³/mol. The molecule has 1 saturated heterocycles. The van der Waals surface area contributed by atoms with Crippen LogP contribution in [0.1, 0.15) is 36.4 Å². The van der Waals surface area contributed by atoms with Crippen molar-refractivity contribution in [3.63, 3.8) is 0 Å². The van der Waals surface area contributed by atoms with Crippen molar-refractivity contribution in [2.75, 3.05) is 6.54 Å². The number of aromatic hydroxyl groups is 1. The quantitative estimate of drug-likeness (QED) is 0.924. The van der Waals surface area contributed by atoms with Crippen molar-refractivity contribution in [2.24, 2.45) is 0 Å². The molecule has 4 heteroatoms. The minimum atomic E-state index is 0.315. The van der Waals surface area contributed by atoms with Crippen LogP contribution in [0.25, 0.3) is 0 Å². The molecule has 0 bridgehead atoms. The van der Waals surface area contributed by atoms with Gasteiger partial charge in [-0.15, -0.1) is 0 Å². The number of hydrogen-bond donors (Lipinski definition) is 1. The number of phenols is 1. The number of hydrogen-bond acceptors (Lipinski definition) is 3. The fourth-order valence-electron chi connectivity index (χ4n) is 3.03. The summed E-state index contributed by atoms with van der Waals surface area (Å²) in [4.78, 5) is 6.64. The van der Waals surface area contributed by atoms with Gasteiger partial charge in [0.25, 0.3) is 0 Å². The van der Waals surface area contributed by atoms with Gasteiger partial charge in [-0.2, -0.15) is 0 Å². The average Bonchev–Trinajstić information content (AvgIpc) is 2.52. The number of pyridine rings is 1. The molecule has 110 valence electrons. The molecule has 1 fully saturated rings. The van der Waals surface area contributed by atoms with Gasteiger partial charge in [0.05, 0.1) is 0 Å².